The summed E-state index contributed by atoms with van der Waals surface area (Å²) >= 11 is 0. The average molecular weight is 447 g/mol. The molecular weight excluding hydrogens is 420 g/mol. The largest absolute Gasteiger partial charge is 0.384 e. The lowest BCUT2D eigenvalue weighted by Gasteiger charge is -2.31. The minimum atomic E-state index is -0.406. The monoisotopic (exact) mass is 446 g/mol. The smallest absolute Gasteiger partial charge is 0.277 e. The molecule has 1 aliphatic rings. The first kappa shape index (κ1) is 22.1. The summed E-state index contributed by atoms with van der Waals surface area (Å²) in [5.74, 6) is -0.163. The number of hydrogen-bond acceptors (Lipinski definition) is 6. The normalized spacial score (nSPS) is 12.8. The number of aromatic nitrogens is 2. The van der Waals surface area contributed by atoms with Crippen LogP contribution in [0.5, 0.6) is 0 Å². The lowest BCUT2D eigenvalue weighted by atomic mass is 10.1. The minimum absolute atomic E-state index is 0.153. The molecule has 2 aromatic heterocycles. The summed E-state index contributed by atoms with van der Waals surface area (Å²) in [6, 6.07) is 15.1. The van der Waals surface area contributed by atoms with Gasteiger partial charge < -0.3 is 25.8 Å². The fourth-order valence-electron chi connectivity index (χ4n) is 3.89. The molecule has 0 saturated heterocycles. The summed E-state index contributed by atoms with van der Waals surface area (Å²) in [5.41, 5.74) is 9.35. The molecule has 1 aliphatic heterocycles. The van der Waals surface area contributed by atoms with Crippen molar-refractivity contribution in [1.29, 1.82) is 0 Å². The number of aryl methyl sites for hydroxylation is 2. The quantitative estimate of drug-likeness (QED) is 0.530. The van der Waals surface area contributed by atoms with Crippen LogP contribution in [0.4, 0.5) is 17.2 Å². The van der Waals surface area contributed by atoms with Crippen molar-refractivity contribution in [2.75, 3.05) is 22.5 Å². The molecule has 33 heavy (non-hydrogen) atoms. The molecule has 0 radical (unpaired) electrons. The van der Waals surface area contributed by atoms with E-state index < -0.39 is 5.56 Å². The molecule has 4 rings (SSSR count). The topological polar surface area (TPSA) is 122 Å². The number of nitrogens with two attached hydrogens (primary N) is 1. The van der Waals surface area contributed by atoms with Gasteiger partial charge in [0.15, 0.2) is 0 Å². The first-order valence-electron chi connectivity index (χ1n) is 10.6. The van der Waals surface area contributed by atoms with E-state index in [1.54, 1.807) is 13.0 Å². The minimum Gasteiger partial charge on any atom is -0.384 e. The van der Waals surface area contributed by atoms with Crippen LogP contribution in [0.1, 0.15) is 22.5 Å². The molecule has 9 heteroatoms. The maximum Gasteiger partial charge on any atom is 0.277 e. The van der Waals surface area contributed by atoms with Crippen LogP contribution in [0.15, 0.2) is 53.3 Å². The molecule has 4 N–H and O–H groups in total. The van der Waals surface area contributed by atoms with Crippen LogP contribution in [-0.2, 0) is 29.2 Å². The zero-order valence-electron chi connectivity index (χ0n) is 18.6. The molecule has 3 heterocycles. The standard InChI is InChI=1S/C24H26N6O3/c1-15-10-19-23(28-22(32)13-29(19)12-17-6-4-3-5-7-17)24(33)30(15)14-21(31)26-11-18-8-9-20(25)27-16(18)2/h3-10H,11-14H2,1-2H3,(H2,25,27)(H,26,31)(H,28,32). The number of pyridine rings is 2. The number of nitrogens with zero attached hydrogens (tertiary/aromatic N) is 3. The number of carbonyl (C=O) groups excluding carboxylic acids is 2. The van der Waals surface area contributed by atoms with Gasteiger partial charge in [-0.2, -0.15) is 0 Å². The predicted molar refractivity (Wildman–Crippen MR) is 127 cm³/mol. The highest BCUT2D eigenvalue weighted by molar-refractivity contribution is 6.01. The fourth-order valence-corrected chi connectivity index (χ4v) is 3.89. The third-order valence-corrected chi connectivity index (χ3v) is 5.64. The molecular formula is C24H26N6O3. The van der Waals surface area contributed by atoms with Gasteiger partial charge in [0.05, 0.1) is 12.2 Å². The maximum atomic E-state index is 13.2. The van der Waals surface area contributed by atoms with Crippen LogP contribution >= 0.6 is 0 Å². The van der Waals surface area contributed by atoms with E-state index in [0.717, 1.165) is 16.8 Å². The second kappa shape index (κ2) is 9.15. The van der Waals surface area contributed by atoms with E-state index in [-0.39, 0.29) is 37.1 Å². The van der Waals surface area contributed by atoms with E-state index in [9.17, 15) is 14.4 Å². The molecule has 0 bridgehead atoms. The Kier molecular flexibility index (Phi) is 6.12. The van der Waals surface area contributed by atoms with Crippen molar-refractivity contribution < 1.29 is 9.59 Å². The molecule has 3 aromatic rings. The number of fused-ring (bicyclic) bond motifs is 1. The molecule has 0 spiro atoms. The lowest BCUT2D eigenvalue weighted by Crippen LogP contribution is -2.42. The van der Waals surface area contributed by atoms with E-state index >= 15 is 0 Å². The second-order valence-electron chi connectivity index (χ2n) is 8.08. The predicted octanol–water partition coefficient (Wildman–Crippen LogP) is 1.72. The summed E-state index contributed by atoms with van der Waals surface area (Å²) in [7, 11) is 0. The zero-order chi connectivity index (χ0) is 23.5. The highest BCUT2D eigenvalue weighted by Crippen LogP contribution is 2.28. The molecule has 0 atom stereocenters. The number of anilines is 3. The van der Waals surface area contributed by atoms with Gasteiger partial charge in [0.1, 0.15) is 18.1 Å². The zero-order valence-corrected chi connectivity index (χ0v) is 18.6. The van der Waals surface area contributed by atoms with E-state index in [0.29, 0.717) is 23.7 Å². The third-order valence-electron chi connectivity index (χ3n) is 5.64. The molecule has 170 valence electrons. The van der Waals surface area contributed by atoms with Gasteiger partial charge in [-0.25, -0.2) is 4.98 Å². The SMILES string of the molecule is Cc1nc(N)ccc1CNC(=O)Cn1c(C)cc2c(c1=O)NC(=O)CN2Cc1ccccc1. The van der Waals surface area contributed by atoms with Crippen LogP contribution in [0, 0.1) is 13.8 Å². The number of hydrogen-bond donors (Lipinski definition) is 3. The van der Waals surface area contributed by atoms with Gasteiger partial charge in [0.2, 0.25) is 11.8 Å². The Morgan fingerprint density at radius 3 is 2.64 bits per heavy atom. The van der Waals surface area contributed by atoms with Crippen LogP contribution in [-0.4, -0.2) is 27.9 Å². The number of nitrogen functional groups attached to an aromatic ring is 1. The summed E-state index contributed by atoms with van der Waals surface area (Å²) in [6.45, 7) is 4.37. The van der Waals surface area contributed by atoms with E-state index in [1.165, 1.54) is 4.57 Å². The van der Waals surface area contributed by atoms with Crippen molar-refractivity contribution >= 4 is 29.0 Å². The Labute approximate surface area is 191 Å². The summed E-state index contributed by atoms with van der Waals surface area (Å²) in [5, 5.41) is 5.50. The van der Waals surface area contributed by atoms with E-state index in [4.69, 9.17) is 5.73 Å². The Balaban J connectivity index is 1.54. The first-order chi connectivity index (χ1) is 15.8. The van der Waals surface area contributed by atoms with Gasteiger partial charge in [-0.1, -0.05) is 36.4 Å². The Morgan fingerprint density at radius 2 is 1.91 bits per heavy atom. The number of benzene rings is 1. The van der Waals surface area contributed by atoms with Crippen molar-refractivity contribution in [2.45, 2.75) is 33.5 Å². The molecule has 1 aromatic carbocycles. The highest BCUT2D eigenvalue weighted by Gasteiger charge is 2.26. The van der Waals surface area contributed by atoms with Crippen LogP contribution < -0.4 is 26.8 Å². The van der Waals surface area contributed by atoms with Crippen LogP contribution in [0.3, 0.4) is 0 Å². The maximum absolute atomic E-state index is 13.2. The summed E-state index contributed by atoms with van der Waals surface area (Å²) in [4.78, 5) is 44.2. The summed E-state index contributed by atoms with van der Waals surface area (Å²) < 4.78 is 1.37. The van der Waals surface area contributed by atoms with Gasteiger partial charge in [0.25, 0.3) is 5.56 Å². The van der Waals surface area contributed by atoms with Gasteiger partial charge in [0, 0.05) is 24.5 Å². The van der Waals surface area contributed by atoms with Crippen molar-refractivity contribution in [3.8, 4) is 0 Å². The van der Waals surface area contributed by atoms with Crippen LogP contribution in [0.2, 0.25) is 0 Å². The number of rotatable bonds is 6. The molecule has 2 amide bonds. The van der Waals surface area contributed by atoms with Crippen LogP contribution in [0.25, 0.3) is 0 Å². The highest BCUT2D eigenvalue weighted by atomic mass is 16.2. The summed E-state index contributed by atoms with van der Waals surface area (Å²) in [6.07, 6.45) is 0. The van der Waals surface area contributed by atoms with Crippen molar-refractivity contribution in [1.82, 2.24) is 14.9 Å². The lowest BCUT2D eigenvalue weighted by molar-refractivity contribution is -0.122. The number of amides is 2. The van der Waals surface area contributed by atoms with E-state index in [1.807, 2.05) is 54.3 Å². The van der Waals surface area contributed by atoms with Gasteiger partial charge in [-0.15, -0.1) is 0 Å². The molecule has 9 nitrogen and oxygen atoms in total. The number of carbonyl (C=O) groups is 2. The van der Waals surface area contributed by atoms with Crippen molar-refractivity contribution in [3.05, 3.63) is 81.4 Å². The number of nitrogens with one attached hydrogen (secondary N) is 2. The van der Waals surface area contributed by atoms with Gasteiger partial charge >= 0.3 is 0 Å². The third kappa shape index (κ3) is 4.87. The molecule has 0 saturated carbocycles. The molecule has 0 aliphatic carbocycles. The van der Waals surface area contributed by atoms with Gasteiger partial charge in [-0.05, 0) is 37.1 Å². The fraction of sp³-hybridized carbons (Fsp3) is 0.250. The Bertz CT molecular complexity index is 1270. The second-order valence-corrected chi connectivity index (χ2v) is 8.08. The Morgan fingerprint density at radius 1 is 1.15 bits per heavy atom. The molecule has 0 fully saturated rings. The Hall–Kier alpha value is -4.14. The first-order valence-corrected chi connectivity index (χ1v) is 10.6. The van der Waals surface area contributed by atoms with E-state index in [2.05, 4.69) is 15.6 Å². The van der Waals surface area contributed by atoms with Gasteiger partial charge in [-0.3, -0.25) is 14.4 Å². The molecule has 0 unspecified atom stereocenters. The van der Waals surface area contributed by atoms with Crippen molar-refractivity contribution in [3.63, 3.8) is 0 Å². The average Bonchev–Trinajstić information content (AvgIpc) is 2.77. The van der Waals surface area contributed by atoms with Crippen molar-refractivity contribution in [2.24, 2.45) is 0 Å².